The second-order valence-electron chi connectivity index (χ2n) is 9.11. The number of carbonyl (C=O) groups excluding carboxylic acids is 1. The Balaban J connectivity index is 1.79. The number of hydrogen-bond acceptors (Lipinski definition) is 8. The van der Waals surface area contributed by atoms with E-state index < -0.39 is 21.7 Å². The number of carbonyl (C=O) groups is 1. The maximum Gasteiger partial charge on any atom is 0.366 e. The van der Waals surface area contributed by atoms with Crippen molar-refractivity contribution in [3.8, 4) is 5.75 Å². The molecule has 0 aliphatic carbocycles. The molecular weight excluding hydrogens is 434 g/mol. The summed E-state index contributed by atoms with van der Waals surface area (Å²) >= 11 is 0. The van der Waals surface area contributed by atoms with Gasteiger partial charge in [-0.05, 0) is 58.1 Å². The van der Waals surface area contributed by atoms with Gasteiger partial charge >= 0.3 is 16.3 Å². The van der Waals surface area contributed by atoms with Gasteiger partial charge in [-0.2, -0.15) is 8.42 Å². The fraction of sp³-hybridized carbons (Fsp3) is 0.591. The molecule has 0 bridgehead atoms. The molecule has 3 rings (SSSR count). The molecule has 1 aromatic heterocycles. The molecule has 10 heteroatoms. The van der Waals surface area contributed by atoms with E-state index >= 15 is 0 Å². The van der Waals surface area contributed by atoms with Gasteiger partial charge in [0.05, 0.1) is 31.3 Å². The number of nitrogens with one attached hydrogen (secondary N) is 1. The number of fused-ring (bicyclic) bond motifs is 1. The fourth-order valence-corrected chi connectivity index (χ4v) is 4.51. The summed E-state index contributed by atoms with van der Waals surface area (Å²) in [5, 5.41) is 3.90. The van der Waals surface area contributed by atoms with Crippen LogP contribution in [0.3, 0.4) is 0 Å². The van der Waals surface area contributed by atoms with Gasteiger partial charge < -0.3 is 19.7 Å². The van der Waals surface area contributed by atoms with Gasteiger partial charge in [-0.3, -0.25) is 8.98 Å². The largest absolute Gasteiger partial charge is 0.497 e. The average molecular weight is 468 g/mol. The molecule has 9 nitrogen and oxygen atoms in total. The van der Waals surface area contributed by atoms with Crippen LogP contribution in [0.15, 0.2) is 24.4 Å². The topological polar surface area (TPSA) is 99.1 Å². The van der Waals surface area contributed by atoms with Crippen molar-refractivity contribution >= 4 is 27.2 Å². The van der Waals surface area contributed by atoms with Crippen molar-refractivity contribution in [1.82, 2.24) is 14.2 Å². The summed E-state index contributed by atoms with van der Waals surface area (Å²) in [6.45, 7) is 5.63. The number of ether oxygens (including phenoxy) is 2. The van der Waals surface area contributed by atoms with Crippen LogP contribution in [0.5, 0.6) is 5.75 Å². The third kappa shape index (κ3) is 5.61. The van der Waals surface area contributed by atoms with Gasteiger partial charge in [-0.1, -0.05) is 0 Å². The van der Waals surface area contributed by atoms with Crippen LogP contribution in [0.4, 0.5) is 0 Å². The molecule has 1 aromatic carbocycles. The summed E-state index contributed by atoms with van der Waals surface area (Å²) in [7, 11) is 1.32. The van der Waals surface area contributed by atoms with Gasteiger partial charge in [0.25, 0.3) is 0 Å². The number of hydrogen-bond donors (Lipinski definition) is 1. The highest BCUT2D eigenvalue weighted by Gasteiger charge is 2.34. The van der Waals surface area contributed by atoms with Crippen LogP contribution in [0.1, 0.15) is 19.4 Å². The molecule has 1 fully saturated rings. The first-order chi connectivity index (χ1) is 15.0. The smallest absolute Gasteiger partial charge is 0.366 e. The van der Waals surface area contributed by atoms with Gasteiger partial charge in [0, 0.05) is 37.1 Å². The highest BCUT2D eigenvalue weighted by atomic mass is 32.2. The van der Waals surface area contributed by atoms with E-state index in [1.807, 2.05) is 25.1 Å². The Bertz CT molecular complexity index is 1060. The molecule has 1 N–H and O–H groups in total. The number of aromatic nitrogens is 1. The number of nitrogens with zero attached hydrogens (tertiary/aromatic N) is 2. The lowest BCUT2D eigenvalue weighted by molar-refractivity contribution is -0.157. The fourth-order valence-electron chi connectivity index (χ4n) is 3.29. The third-order valence-corrected chi connectivity index (χ3v) is 6.77. The molecule has 0 amide bonds. The highest BCUT2D eigenvalue weighted by Crippen LogP contribution is 2.29. The van der Waals surface area contributed by atoms with Crippen molar-refractivity contribution in [2.75, 3.05) is 54.1 Å². The van der Waals surface area contributed by atoms with E-state index in [4.69, 9.17) is 13.7 Å². The molecule has 0 radical (unpaired) electrons. The number of esters is 1. The summed E-state index contributed by atoms with van der Waals surface area (Å²) in [5.74, 6) is 0.474. The zero-order valence-corrected chi connectivity index (χ0v) is 20.2. The summed E-state index contributed by atoms with van der Waals surface area (Å²) < 4.78 is 43.3. The number of benzene rings is 1. The third-order valence-electron chi connectivity index (χ3n) is 5.57. The van der Waals surface area contributed by atoms with Crippen LogP contribution in [-0.4, -0.2) is 77.3 Å². The minimum absolute atomic E-state index is 0.309. The molecule has 2 aromatic rings. The summed E-state index contributed by atoms with van der Waals surface area (Å²) in [6, 6.07) is 5.23. The van der Waals surface area contributed by atoms with Crippen LogP contribution in [0.25, 0.3) is 10.9 Å². The van der Waals surface area contributed by atoms with Gasteiger partial charge in [0.1, 0.15) is 5.75 Å². The lowest BCUT2D eigenvalue weighted by atomic mass is 9.95. The predicted octanol–water partition coefficient (Wildman–Crippen LogP) is 1.65. The molecule has 0 atom stereocenters. The van der Waals surface area contributed by atoms with E-state index in [1.54, 1.807) is 39.3 Å². The van der Waals surface area contributed by atoms with E-state index in [0.717, 1.165) is 34.6 Å². The van der Waals surface area contributed by atoms with E-state index in [-0.39, 0.29) is 6.61 Å². The molecule has 32 heavy (non-hydrogen) atoms. The van der Waals surface area contributed by atoms with Crippen LogP contribution >= 0.6 is 0 Å². The zero-order chi connectivity index (χ0) is 23.5. The van der Waals surface area contributed by atoms with Crippen molar-refractivity contribution in [3.05, 3.63) is 30.0 Å². The standard InChI is InChI=1S/C22H33N3O6S/c1-22(2,21(26)30-14-16-11-23-12-16)15-31-32(27,28)25-13-17(8-9-24(3)4)19-10-18(29-5)6-7-20(19)25/h6-7,10,13,16,23H,8-9,11-12,14-15H2,1-5H3. The summed E-state index contributed by atoms with van der Waals surface area (Å²) in [6.07, 6.45) is 2.24. The Kier molecular flexibility index (Phi) is 7.49. The maximum absolute atomic E-state index is 13.1. The number of rotatable bonds is 11. The van der Waals surface area contributed by atoms with E-state index in [1.165, 1.54) is 0 Å². The normalized spacial score (nSPS) is 15.2. The maximum atomic E-state index is 13.1. The average Bonchev–Trinajstić information content (AvgIpc) is 3.08. The first-order valence-corrected chi connectivity index (χ1v) is 12.0. The van der Waals surface area contributed by atoms with Gasteiger partial charge in [-0.15, -0.1) is 0 Å². The highest BCUT2D eigenvalue weighted by molar-refractivity contribution is 7.85. The van der Waals surface area contributed by atoms with Crippen LogP contribution < -0.4 is 10.1 Å². The van der Waals surface area contributed by atoms with Gasteiger partial charge in [0.2, 0.25) is 0 Å². The lowest BCUT2D eigenvalue weighted by Crippen LogP contribution is -2.45. The van der Waals surface area contributed by atoms with Crippen LogP contribution in [0.2, 0.25) is 0 Å². The Labute approximate surface area is 189 Å². The molecular formula is C22H33N3O6S. The Morgan fingerprint density at radius 1 is 1.28 bits per heavy atom. The quantitative estimate of drug-likeness (QED) is 0.498. The zero-order valence-electron chi connectivity index (χ0n) is 19.4. The Hall–Kier alpha value is -2.14. The van der Waals surface area contributed by atoms with E-state index in [9.17, 15) is 13.2 Å². The number of likely N-dealkylation sites (N-methyl/N-ethyl adjacent to an activating group) is 1. The van der Waals surface area contributed by atoms with Crippen molar-refractivity contribution in [3.63, 3.8) is 0 Å². The number of methoxy groups -OCH3 is 1. The Morgan fingerprint density at radius 2 is 2.00 bits per heavy atom. The Morgan fingerprint density at radius 3 is 2.59 bits per heavy atom. The molecule has 1 saturated heterocycles. The van der Waals surface area contributed by atoms with Crippen LogP contribution in [-0.2, 0) is 30.4 Å². The molecule has 1 aliphatic heterocycles. The second-order valence-corrected chi connectivity index (χ2v) is 10.6. The monoisotopic (exact) mass is 467 g/mol. The van der Waals surface area contributed by atoms with E-state index in [2.05, 4.69) is 5.32 Å². The molecule has 1 aliphatic rings. The summed E-state index contributed by atoms with van der Waals surface area (Å²) in [5.41, 5.74) is 0.259. The lowest BCUT2D eigenvalue weighted by Gasteiger charge is -2.28. The molecule has 0 unspecified atom stereocenters. The molecule has 2 heterocycles. The van der Waals surface area contributed by atoms with Crippen molar-refractivity contribution in [2.24, 2.45) is 11.3 Å². The van der Waals surface area contributed by atoms with Crippen molar-refractivity contribution in [1.29, 1.82) is 0 Å². The minimum Gasteiger partial charge on any atom is -0.497 e. The van der Waals surface area contributed by atoms with Crippen molar-refractivity contribution < 1.29 is 26.9 Å². The van der Waals surface area contributed by atoms with Gasteiger partial charge in [0.15, 0.2) is 0 Å². The van der Waals surface area contributed by atoms with Crippen LogP contribution in [0, 0.1) is 11.3 Å². The van der Waals surface area contributed by atoms with Crippen molar-refractivity contribution in [2.45, 2.75) is 20.3 Å². The molecule has 0 saturated carbocycles. The SMILES string of the molecule is COc1ccc2c(c1)c(CCN(C)C)cn2S(=O)(=O)OCC(C)(C)C(=O)OCC1CNC1. The minimum atomic E-state index is -4.17. The van der Waals surface area contributed by atoms with E-state index in [0.29, 0.717) is 30.2 Å². The molecule has 0 spiro atoms. The van der Waals surface area contributed by atoms with Gasteiger partial charge in [-0.25, -0.2) is 3.97 Å². The molecule has 178 valence electrons. The first kappa shape index (κ1) is 24.5. The second kappa shape index (κ2) is 9.78. The predicted molar refractivity (Wildman–Crippen MR) is 122 cm³/mol. The first-order valence-electron chi connectivity index (χ1n) is 10.6. The summed E-state index contributed by atoms with van der Waals surface area (Å²) in [4.78, 5) is 14.5.